The number of alkyl carbamates (subject to hydrolysis) is 1. The van der Waals surface area contributed by atoms with Crippen molar-refractivity contribution in [2.75, 3.05) is 6.61 Å². The largest absolute Gasteiger partial charge is 0.480 e. The summed E-state index contributed by atoms with van der Waals surface area (Å²) in [6.07, 6.45) is -0.682. The SMILES string of the molecule is C[C@H](NC(=O)[C@H](COCc1ccccc1)NC(=O)[C@H](Cc1ccccc1)NC(=O)OCc1ccccc1)C(=O)O. The minimum Gasteiger partial charge on any atom is -0.480 e. The Labute approximate surface area is 232 Å². The molecule has 0 unspecified atom stereocenters. The average molecular weight is 548 g/mol. The molecule has 3 amide bonds. The Kier molecular flexibility index (Phi) is 11.7. The fourth-order valence-electron chi connectivity index (χ4n) is 3.67. The number of amides is 3. The standard InChI is InChI=1S/C30H33N3O7/c1-21(29(36)37)31-28(35)26(20-39-18-23-13-7-3-8-14-23)32-27(34)25(17-22-11-5-2-6-12-22)33-30(38)40-19-24-15-9-4-10-16-24/h2-16,21,25-26H,17-20H2,1H3,(H,31,35)(H,32,34)(H,33,38)(H,36,37)/t21-,25-,26-/m0/s1. The van der Waals surface area contributed by atoms with E-state index < -0.39 is 42.0 Å². The van der Waals surface area contributed by atoms with Gasteiger partial charge in [-0.05, 0) is 23.6 Å². The number of rotatable bonds is 14. The van der Waals surface area contributed by atoms with Gasteiger partial charge >= 0.3 is 12.1 Å². The van der Waals surface area contributed by atoms with Crippen molar-refractivity contribution in [2.24, 2.45) is 0 Å². The molecule has 3 atom stereocenters. The minimum absolute atomic E-state index is 0.0117. The minimum atomic E-state index is -1.23. The van der Waals surface area contributed by atoms with Crippen LogP contribution in [-0.2, 0) is 43.5 Å². The number of ether oxygens (including phenoxy) is 2. The predicted octanol–water partition coefficient (Wildman–Crippen LogP) is 2.81. The molecule has 210 valence electrons. The fourth-order valence-corrected chi connectivity index (χ4v) is 3.67. The molecule has 3 rings (SSSR count). The number of hydrogen-bond donors (Lipinski definition) is 4. The Hall–Kier alpha value is -4.70. The summed E-state index contributed by atoms with van der Waals surface area (Å²) < 4.78 is 11.0. The first-order chi connectivity index (χ1) is 19.3. The Balaban J connectivity index is 1.70. The lowest BCUT2D eigenvalue weighted by Crippen LogP contribution is -2.57. The van der Waals surface area contributed by atoms with E-state index in [4.69, 9.17) is 9.47 Å². The Morgan fingerprint density at radius 3 is 1.73 bits per heavy atom. The second-order valence-corrected chi connectivity index (χ2v) is 9.08. The summed E-state index contributed by atoms with van der Waals surface area (Å²) in [5, 5.41) is 16.8. The molecule has 0 aromatic heterocycles. The van der Waals surface area contributed by atoms with Gasteiger partial charge in [-0.25, -0.2) is 4.79 Å². The molecule has 0 fully saturated rings. The predicted molar refractivity (Wildman–Crippen MR) is 147 cm³/mol. The second-order valence-electron chi connectivity index (χ2n) is 9.08. The number of carboxylic acids is 1. The molecule has 10 nitrogen and oxygen atoms in total. The van der Waals surface area contributed by atoms with Gasteiger partial charge in [-0.1, -0.05) is 91.0 Å². The van der Waals surface area contributed by atoms with E-state index in [-0.39, 0.29) is 26.2 Å². The summed E-state index contributed by atoms with van der Waals surface area (Å²) >= 11 is 0. The third-order valence-electron chi connectivity index (χ3n) is 5.86. The zero-order valence-electron chi connectivity index (χ0n) is 22.1. The first kappa shape index (κ1) is 29.9. The normalized spacial score (nSPS) is 12.8. The average Bonchev–Trinajstić information content (AvgIpc) is 2.96. The van der Waals surface area contributed by atoms with Crippen LogP contribution in [0.15, 0.2) is 91.0 Å². The number of aliphatic carboxylic acids is 1. The molecular formula is C30H33N3O7. The molecule has 4 N–H and O–H groups in total. The summed E-state index contributed by atoms with van der Waals surface area (Å²) in [6, 6.07) is 23.9. The van der Waals surface area contributed by atoms with Crippen molar-refractivity contribution in [3.8, 4) is 0 Å². The maximum Gasteiger partial charge on any atom is 0.408 e. The quantitative estimate of drug-likeness (QED) is 0.243. The third kappa shape index (κ3) is 10.2. The van der Waals surface area contributed by atoms with Crippen molar-refractivity contribution in [1.82, 2.24) is 16.0 Å². The van der Waals surface area contributed by atoms with Crippen molar-refractivity contribution in [2.45, 2.75) is 44.7 Å². The fraction of sp³-hybridized carbons (Fsp3) is 0.267. The van der Waals surface area contributed by atoms with E-state index in [2.05, 4.69) is 16.0 Å². The van der Waals surface area contributed by atoms with Crippen LogP contribution in [0.1, 0.15) is 23.6 Å². The van der Waals surface area contributed by atoms with E-state index in [1.54, 1.807) is 36.4 Å². The molecule has 3 aromatic rings. The molecule has 0 heterocycles. The third-order valence-corrected chi connectivity index (χ3v) is 5.86. The molecule has 0 aliphatic rings. The highest BCUT2D eigenvalue weighted by Gasteiger charge is 2.29. The topological polar surface area (TPSA) is 143 Å². The molecular weight excluding hydrogens is 514 g/mol. The smallest absolute Gasteiger partial charge is 0.408 e. The lowest BCUT2D eigenvalue weighted by Gasteiger charge is -2.24. The number of nitrogens with one attached hydrogen (secondary N) is 3. The van der Waals surface area contributed by atoms with Gasteiger partial charge in [0.1, 0.15) is 24.7 Å². The van der Waals surface area contributed by atoms with Crippen LogP contribution in [0, 0.1) is 0 Å². The number of carbonyl (C=O) groups excluding carboxylic acids is 3. The Morgan fingerprint density at radius 1 is 0.675 bits per heavy atom. The van der Waals surface area contributed by atoms with Gasteiger partial charge in [0, 0.05) is 6.42 Å². The highest BCUT2D eigenvalue weighted by atomic mass is 16.5. The zero-order chi connectivity index (χ0) is 28.7. The van der Waals surface area contributed by atoms with E-state index in [0.717, 1.165) is 16.7 Å². The number of hydrogen-bond acceptors (Lipinski definition) is 6. The van der Waals surface area contributed by atoms with Crippen LogP contribution in [0.5, 0.6) is 0 Å². The summed E-state index contributed by atoms with van der Waals surface area (Å²) in [5.41, 5.74) is 2.41. The summed E-state index contributed by atoms with van der Waals surface area (Å²) in [5.74, 6) is -2.62. The highest BCUT2D eigenvalue weighted by Crippen LogP contribution is 2.07. The van der Waals surface area contributed by atoms with Crippen molar-refractivity contribution in [3.63, 3.8) is 0 Å². The van der Waals surface area contributed by atoms with Crippen LogP contribution < -0.4 is 16.0 Å². The van der Waals surface area contributed by atoms with Crippen LogP contribution >= 0.6 is 0 Å². The highest BCUT2D eigenvalue weighted by molar-refractivity contribution is 5.93. The zero-order valence-corrected chi connectivity index (χ0v) is 22.1. The van der Waals surface area contributed by atoms with Gasteiger partial charge in [0.25, 0.3) is 0 Å². The van der Waals surface area contributed by atoms with Crippen LogP contribution in [0.4, 0.5) is 4.79 Å². The van der Waals surface area contributed by atoms with Crippen molar-refractivity contribution >= 4 is 23.9 Å². The summed E-state index contributed by atoms with van der Waals surface area (Å²) in [6.45, 7) is 1.27. The Morgan fingerprint density at radius 2 is 1.18 bits per heavy atom. The van der Waals surface area contributed by atoms with Gasteiger partial charge in [0.05, 0.1) is 13.2 Å². The molecule has 0 radical (unpaired) electrons. The van der Waals surface area contributed by atoms with Crippen molar-refractivity contribution in [3.05, 3.63) is 108 Å². The van der Waals surface area contributed by atoms with E-state index in [0.29, 0.717) is 0 Å². The molecule has 0 saturated heterocycles. The summed E-state index contributed by atoms with van der Waals surface area (Å²) in [4.78, 5) is 50.2. The van der Waals surface area contributed by atoms with Crippen LogP contribution in [0.2, 0.25) is 0 Å². The molecule has 3 aromatic carbocycles. The van der Waals surface area contributed by atoms with Gasteiger partial charge in [0.15, 0.2) is 0 Å². The molecule has 0 saturated carbocycles. The van der Waals surface area contributed by atoms with Crippen LogP contribution in [-0.4, -0.2) is 53.7 Å². The van der Waals surface area contributed by atoms with Gasteiger partial charge in [-0.2, -0.15) is 0 Å². The Bertz CT molecular complexity index is 1240. The maximum absolute atomic E-state index is 13.4. The number of benzene rings is 3. The first-order valence-corrected chi connectivity index (χ1v) is 12.8. The van der Waals surface area contributed by atoms with Crippen LogP contribution in [0.25, 0.3) is 0 Å². The lowest BCUT2D eigenvalue weighted by atomic mass is 10.0. The first-order valence-electron chi connectivity index (χ1n) is 12.8. The van der Waals surface area contributed by atoms with Gasteiger partial charge in [-0.3, -0.25) is 14.4 Å². The van der Waals surface area contributed by atoms with E-state index in [1.807, 2.05) is 54.6 Å². The molecule has 0 bridgehead atoms. The van der Waals surface area contributed by atoms with Gasteiger partial charge in [-0.15, -0.1) is 0 Å². The monoisotopic (exact) mass is 547 g/mol. The summed E-state index contributed by atoms with van der Waals surface area (Å²) in [7, 11) is 0. The van der Waals surface area contributed by atoms with Crippen LogP contribution in [0.3, 0.4) is 0 Å². The molecule has 40 heavy (non-hydrogen) atoms. The lowest BCUT2D eigenvalue weighted by molar-refractivity contribution is -0.142. The number of carboxylic acid groups (broad SMARTS) is 1. The maximum atomic E-state index is 13.4. The van der Waals surface area contributed by atoms with E-state index in [1.165, 1.54) is 6.92 Å². The van der Waals surface area contributed by atoms with E-state index in [9.17, 15) is 24.3 Å². The molecule has 0 aliphatic heterocycles. The molecule has 0 aliphatic carbocycles. The van der Waals surface area contributed by atoms with Crippen molar-refractivity contribution < 1.29 is 33.8 Å². The number of carbonyl (C=O) groups is 4. The second kappa shape index (κ2) is 15.6. The van der Waals surface area contributed by atoms with E-state index >= 15 is 0 Å². The van der Waals surface area contributed by atoms with Gasteiger partial charge in [0.2, 0.25) is 11.8 Å². The molecule has 10 heteroatoms. The molecule has 0 spiro atoms. The van der Waals surface area contributed by atoms with Gasteiger partial charge < -0.3 is 30.5 Å². The van der Waals surface area contributed by atoms with Crippen molar-refractivity contribution in [1.29, 1.82) is 0 Å².